The van der Waals surface area contributed by atoms with Gasteiger partial charge >= 0.3 is 0 Å². The Bertz CT molecular complexity index is 503. The van der Waals surface area contributed by atoms with Crippen LogP contribution in [-0.4, -0.2) is 17.4 Å². The van der Waals surface area contributed by atoms with E-state index in [4.69, 9.17) is 5.73 Å². The second-order valence-electron chi connectivity index (χ2n) is 5.22. The van der Waals surface area contributed by atoms with Crippen LogP contribution in [0.2, 0.25) is 0 Å². The fourth-order valence-electron chi connectivity index (χ4n) is 2.14. The molecule has 1 aromatic rings. The Hall–Kier alpha value is -1.95. The van der Waals surface area contributed by atoms with Crippen molar-refractivity contribution in [2.75, 3.05) is 11.9 Å². The van der Waals surface area contributed by atoms with E-state index in [1.54, 1.807) is 12.1 Å². The van der Waals surface area contributed by atoms with Gasteiger partial charge in [-0.1, -0.05) is 19.9 Å². The van der Waals surface area contributed by atoms with Gasteiger partial charge in [-0.05, 0) is 37.8 Å². The van der Waals surface area contributed by atoms with E-state index in [-0.39, 0.29) is 11.6 Å². The molecular formula is C15H23N3O3. The van der Waals surface area contributed by atoms with Crippen molar-refractivity contribution in [2.24, 2.45) is 11.7 Å². The van der Waals surface area contributed by atoms with E-state index in [0.29, 0.717) is 36.6 Å². The van der Waals surface area contributed by atoms with Gasteiger partial charge in [0.2, 0.25) is 5.91 Å². The van der Waals surface area contributed by atoms with Crippen molar-refractivity contribution < 1.29 is 9.72 Å². The zero-order chi connectivity index (χ0) is 15.8. The summed E-state index contributed by atoms with van der Waals surface area (Å²) in [7, 11) is 0. The molecule has 1 amide bonds. The Labute approximate surface area is 124 Å². The molecule has 1 unspecified atom stereocenters. The standard InChI is InChI=1S/C15H23N3O3/c1-3-12-5-6-13(10-14(12)18(20)21)17-15(19)7-4-11(2)8-9-16/h5-6,10-11H,3-4,7-9,16H2,1-2H3,(H,17,19). The zero-order valence-electron chi connectivity index (χ0n) is 12.6. The molecule has 0 saturated carbocycles. The van der Waals surface area contributed by atoms with Crippen LogP contribution in [-0.2, 0) is 11.2 Å². The summed E-state index contributed by atoms with van der Waals surface area (Å²) < 4.78 is 0. The first-order chi connectivity index (χ1) is 9.97. The van der Waals surface area contributed by atoms with E-state index >= 15 is 0 Å². The first kappa shape index (κ1) is 17.1. The third kappa shape index (κ3) is 5.51. The molecule has 0 aliphatic heterocycles. The molecule has 6 nitrogen and oxygen atoms in total. The van der Waals surface area contributed by atoms with Crippen LogP contribution in [0.1, 0.15) is 38.7 Å². The highest BCUT2D eigenvalue weighted by molar-refractivity contribution is 5.91. The molecule has 1 rings (SSSR count). The van der Waals surface area contributed by atoms with E-state index in [2.05, 4.69) is 12.2 Å². The summed E-state index contributed by atoms with van der Waals surface area (Å²) in [6.07, 6.45) is 2.63. The predicted molar refractivity (Wildman–Crippen MR) is 83.2 cm³/mol. The molecule has 1 atom stereocenters. The van der Waals surface area contributed by atoms with E-state index in [1.165, 1.54) is 6.07 Å². The lowest BCUT2D eigenvalue weighted by Gasteiger charge is -2.10. The monoisotopic (exact) mass is 293 g/mol. The van der Waals surface area contributed by atoms with E-state index in [0.717, 1.165) is 12.8 Å². The van der Waals surface area contributed by atoms with Crippen molar-refractivity contribution in [3.8, 4) is 0 Å². The van der Waals surface area contributed by atoms with Crippen LogP contribution in [0.25, 0.3) is 0 Å². The van der Waals surface area contributed by atoms with Crippen LogP contribution in [0.3, 0.4) is 0 Å². The van der Waals surface area contributed by atoms with Crippen molar-refractivity contribution in [3.63, 3.8) is 0 Å². The molecular weight excluding hydrogens is 270 g/mol. The van der Waals surface area contributed by atoms with E-state index in [9.17, 15) is 14.9 Å². The minimum atomic E-state index is -0.419. The summed E-state index contributed by atoms with van der Waals surface area (Å²) in [6, 6.07) is 4.80. The number of hydrogen-bond acceptors (Lipinski definition) is 4. The quantitative estimate of drug-likeness (QED) is 0.568. The van der Waals surface area contributed by atoms with Crippen molar-refractivity contribution in [1.82, 2.24) is 0 Å². The number of benzene rings is 1. The molecule has 0 aliphatic carbocycles. The van der Waals surface area contributed by atoms with Gasteiger partial charge in [-0.25, -0.2) is 0 Å². The summed E-state index contributed by atoms with van der Waals surface area (Å²) in [6.45, 7) is 4.54. The number of nitro groups is 1. The van der Waals surface area contributed by atoms with Gasteiger partial charge < -0.3 is 11.1 Å². The van der Waals surface area contributed by atoms with Crippen LogP contribution in [0.4, 0.5) is 11.4 Å². The first-order valence-corrected chi connectivity index (χ1v) is 7.25. The Morgan fingerprint density at radius 3 is 2.71 bits per heavy atom. The van der Waals surface area contributed by atoms with Crippen molar-refractivity contribution in [1.29, 1.82) is 0 Å². The molecule has 6 heteroatoms. The maximum absolute atomic E-state index is 11.8. The van der Waals surface area contributed by atoms with Gasteiger partial charge in [0.05, 0.1) is 4.92 Å². The Morgan fingerprint density at radius 1 is 1.43 bits per heavy atom. The van der Waals surface area contributed by atoms with Gasteiger partial charge in [-0.15, -0.1) is 0 Å². The molecule has 1 aromatic carbocycles. The molecule has 0 heterocycles. The molecule has 21 heavy (non-hydrogen) atoms. The minimum Gasteiger partial charge on any atom is -0.330 e. The molecule has 3 N–H and O–H groups in total. The largest absolute Gasteiger partial charge is 0.330 e. The van der Waals surface area contributed by atoms with Gasteiger partial charge in [0.15, 0.2) is 0 Å². The summed E-state index contributed by atoms with van der Waals surface area (Å²) in [4.78, 5) is 22.4. The number of carbonyl (C=O) groups is 1. The van der Waals surface area contributed by atoms with Gasteiger partial charge in [0.1, 0.15) is 0 Å². The van der Waals surface area contributed by atoms with Gasteiger partial charge in [0, 0.05) is 23.7 Å². The molecule has 0 bridgehead atoms. The van der Waals surface area contributed by atoms with Crippen LogP contribution >= 0.6 is 0 Å². The van der Waals surface area contributed by atoms with Crippen molar-refractivity contribution in [3.05, 3.63) is 33.9 Å². The molecule has 0 radical (unpaired) electrons. The molecule has 0 spiro atoms. The summed E-state index contributed by atoms with van der Waals surface area (Å²) in [5.74, 6) is 0.273. The lowest BCUT2D eigenvalue weighted by molar-refractivity contribution is -0.385. The number of hydrogen-bond donors (Lipinski definition) is 2. The average Bonchev–Trinajstić information content (AvgIpc) is 2.45. The Kier molecular flexibility index (Phi) is 6.81. The zero-order valence-corrected chi connectivity index (χ0v) is 12.6. The topological polar surface area (TPSA) is 98.3 Å². The summed E-state index contributed by atoms with van der Waals surface area (Å²) >= 11 is 0. The normalized spacial score (nSPS) is 12.0. The van der Waals surface area contributed by atoms with Gasteiger partial charge in [-0.3, -0.25) is 14.9 Å². The SMILES string of the molecule is CCc1ccc(NC(=O)CCC(C)CCN)cc1[N+](=O)[O-]. The van der Waals surface area contributed by atoms with E-state index in [1.807, 2.05) is 6.92 Å². The molecule has 0 aliphatic rings. The summed E-state index contributed by atoms with van der Waals surface area (Å²) in [5.41, 5.74) is 6.64. The minimum absolute atomic E-state index is 0.0480. The number of carbonyl (C=O) groups excluding carboxylic acids is 1. The van der Waals surface area contributed by atoms with E-state index < -0.39 is 4.92 Å². The highest BCUT2D eigenvalue weighted by Gasteiger charge is 2.14. The first-order valence-electron chi connectivity index (χ1n) is 7.25. The highest BCUT2D eigenvalue weighted by atomic mass is 16.6. The van der Waals surface area contributed by atoms with Crippen LogP contribution in [0.15, 0.2) is 18.2 Å². The maximum Gasteiger partial charge on any atom is 0.274 e. The number of rotatable bonds is 8. The van der Waals surface area contributed by atoms with Gasteiger partial charge in [-0.2, -0.15) is 0 Å². The third-order valence-electron chi connectivity index (χ3n) is 3.47. The molecule has 0 fully saturated rings. The number of aryl methyl sites for hydroxylation is 1. The third-order valence-corrected chi connectivity index (χ3v) is 3.47. The van der Waals surface area contributed by atoms with Gasteiger partial charge in [0.25, 0.3) is 5.69 Å². The number of nitrogens with zero attached hydrogens (tertiary/aromatic N) is 1. The average molecular weight is 293 g/mol. The van der Waals surface area contributed by atoms with Crippen LogP contribution < -0.4 is 11.1 Å². The second-order valence-corrected chi connectivity index (χ2v) is 5.22. The lowest BCUT2D eigenvalue weighted by atomic mass is 10.0. The van der Waals surface area contributed by atoms with Crippen LogP contribution in [0, 0.1) is 16.0 Å². The highest BCUT2D eigenvalue weighted by Crippen LogP contribution is 2.24. The maximum atomic E-state index is 11.8. The fourth-order valence-corrected chi connectivity index (χ4v) is 2.14. The molecule has 0 saturated heterocycles. The predicted octanol–water partition coefficient (Wildman–Crippen LogP) is 2.86. The van der Waals surface area contributed by atoms with Crippen molar-refractivity contribution in [2.45, 2.75) is 39.5 Å². The molecule has 0 aromatic heterocycles. The smallest absolute Gasteiger partial charge is 0.274 e. The number of anilines is 1. The summed E-state index contributed by atoms with van der Waals surface area (Å²) in [5, 5.41) is 13.7. The number of nitrogens with two attached hydrogens (primary N) is 1. The fraction of sp³-hybridized carbons (Fsp3) is 0.533. The number of nitro benzene ring substituents is 1. The lowest BCUT2D eigenvalue weighted by Crippen LogP contribution is -2.14. The Balaban J connectivity index is 2.64. The second kappa shape index (κ2) is 8.36. The Morgan fingerprint density at radius 2 is 2.14 bits per heavy atom. The van der Waals surface area contributed by atoms with Crippen LogP contribution in [0.5, 0.6) is 0 Å². The number of amides is 1. The van der Waals surface area contributed by atoms with Crippen molar-refractivity contribution >= 4 is 17.3 Å². The number of nitrogens with one attached hydrogen (secondary N) is 1. The molecule has 116 valence electrons.